The normalized spacial score (nSPS) is 17.1. The number of nitrogen functional groups attached to an aromatic ring is 1. The maximum Gasteiger partial charge on any atom is 0.490 e. The summed E-state index contributed by atoms with van der Waals surface area (Å²) in [6.07, 6.45) is -1.86. The Labute approximate surface area is 362 Å². The molecule has 4 heterocycles. The quantitative estimate of drug-likeness (QED) is 0.0565. The zero-order valence-corrected chi connectivity index (χ0v) is 34.3. The topological polar surface area (TPSA) is 201 Å². The number of allylic oxidation sites excluding steroid dienone is 2. The summed E-state index contributed by atoms with van der Waals surface area (Å²) in [5, 5.41) is 33.4. The fraction of sp³-hybridized carbons (Fsp3) is 0.415. The largest absolute Gasteiger partial charge is 0.490 e. The van der Waals surface area contributed by atoms with E-state index in [1.54, 1.807) is 5.57 Å². The van der Waals surface area contributed by atoms with Gasteiger partial charge in [-0.25, -0.2) is 14.4 Å². The first-order chi connectivity index (χ1) is 29.9. The Hall–Kier alpha value is -5.90. The van der Waals surface area contributed by atoms with Crippen molar-refractivity contribution in [2.45, 2.75) is 88.9 Å². The van der Waals surface area contributed by atoms with Gasteiger partial charge in [-0.1, -0.05) is 46.7 Å². The van der Waals surface area contributed by atoms with Crippen LogP contribution in [0.15, 0.2) is 60.3 Å². The Morgan fingerprint density at radius 3 is 2.12 bits per heavy atom. The number of benzene rings is 2. The second-order valence-electron chi connectivity index (χ2n) is 15.2. The van der Waals surface area contributed by atoms with Gasteiger partial charge in [0.25, 0.3) is 0 Å². The standard InChI is InChI=1S/C35H38ClN7.3C2HF3O2/c36-25-8-9-29-31(19-25)39-32-18-23-15-22(16-24(17-23)34(32)35(29)37)5-3-4-12-43-20-26(40-41-43)10-13-42-14-11-28-27-6-1-2-7-30(27)38-33(28)21-42;3*3-2(4,5)1(6)7/h1-2,6-9,15,19-20,23-24,38H,3-5,10-14,16-18,21H2,(H2,37,39);3*(H,6,7). The average Bonchev–Trinajstić information content (AvgIpc) is 3.82. The summed E-state index contributed by atoms with van der Waals surface area (Å²) < 4.78 is 97.2. The number of pyridine rings is 1. The molecular formula is C41H41ClF9N7O6. The zero-order chi connectivity index (χ0) is 47.1. The molecule has 5 aromatic rings. The zero-order valence-electron chi connectivity index (χ0n) is 33.5. The van der Waals surface area contributed by atoms with Crippen LogP contribution >= 0.6 is 11.6 Å². The molecule has 2 atom stereocenters. The first-order valence-corrected chi connectivity index (χ1v) is 20.0. The number of carboxylic acid groups (broad SMARTS) is 3. The molecule has 0 saturated carbocycles. The first-order valence-electron chi connectivity index (χ1n) is 19.6. The van der Waals surface area contributed by atoms with Gasteiger partial charge in [0.15, 0.2) is 0 Å². The molecule has 64 heavy (non-hydrogen) atoms. The summed E-state index contributed by atoms with van der Waals surface area (Å²) in [5.41, 5.74) is 17.8. The van der Waals surface area contributed by atoms with E-state index in [1.165, 1.54) is 39.8 Å². The van der Waals surface area contributed by atoms with Gasteiger partial charge in [0, 0.05) is 82.7 Å². The van der Waals surface area contributed by atoms with Crippen molar-refractivity contribution >= 4 is 57.0 Å². The maximum atomic E-state index is 10.6. The number of hydrogen-bond donors (Lipinski definition) is 5. The summed E-state index contributed by atoms with van der Waals surface area (Å²) in [6, 6.07) is 14.5. The lowest BCUT2D eigenvalue weighted by molar-refractivity contribution is -0.193. The predicted octanol–water partition coefficient (Wildman–Crippen LogP) is 8.89. The Kier molecular flexibility index (Phi) is 15.6. The van der Waals surface area contributed by atoms with E-state index in [0.29, 0.717) is 16.9 Å². The van der Waals surface area contributed by atoms with E-state index >= 15 is 0 Å². The number of nitrogens with zero attached hydrogens (tertiary/aromatic N) is 5. The van der Waals surface area contributed by atoms with Crippen molar-refractivity contribution in [1.29, 1.82) is 0 Å². The highest BCUT2D eigenvalue weighted by atomic mass is 35.5. The van der Waals surface area contributed by atoms with E-state index in [-0.39, 0.29) is 0 Å². The number of carboxylic acids is 3. The number of carbonyl (C=O) groups is 3. The number of rotatable bonds is 8. The van der Waals surface area contributed by atoms with Gasteiger partial charge in [0.05, 0.1) is 11.2 Å². The number of anilines is 1. The molecular weight excluding hydrogens is 893 g/mol. The van der Waals surface area contributed by atoms with Gasteiger partial charge in [-0.05, 0) is 86.6 Å². The van der Waals surface area contributed by atoms with Gasteiger partial charge >= 0.3 is 36.4 Å². The maximum absolute atomic E-state index is 10.6. The molecule has 346 valence electrons. The van der Waals surface area contributed by atoms with Crippen molar-refractivity contribution in [2.24, 2.45) is 5.92 Å². The van der Waals surface area contributed by atoms with Crippen LogP contribution in [0.25, 0.3) is 21.8 Å². The van der Waals surface area contributed by atoms with Crippen molar-refractivity contribution in [3.05, 3.63) is 93.5 Å². The number of fused-ring (bicyclic) bond motifs is 8. The van der Waals surface area contributed by atoms with E-state index in [9.17, 15) is 39.5 Å². The SMILES string of the molecule is Nc1c2c(nc3cc(Cl)ccc13)CC1C=C(CCCCn3cc(CCN4CCc5c([nH]c6ccccc56)C4)nn3)CC2C1.O=C(O)C(F)(F)F.O=C(O)C(F)(F)F.O=C(O)C(F)(F)F. The van der Waals surface area contributed by atoms with Crippen LogP contribution in [0.2, 0.25) is 5.02 Å². The van der Waals surface area contributed by atoms with Crippen molar-refractivity contribution < 1.29 is 69.2 Å². The summed E-state index contributed by atoms with van der Waals surface area (Å²) in [6.45, 7) is 4.01. The lowest BCUT2D eigenvalue weighted by Crippen LogP contribution is -2.32. The number of aryl methyl sites for hydroxylation is 1. The highest BCUT2D eigenvalue weighted by Crippen LogP contribution is 2.47. The third-order valence-corrected chi connectivity index (χ3v) is 10.9. The van der Waals surface area contributed by atoms with E-state index in [0.717, 1.165) is 93.4 Å². The monoisotopic (exact) mass is 933 g/mol. The molecule has 6 N–H and O–H groups in total. The fourth-order valence-corrected chi connectivity index (χ4v) is 8.04. The molecule has 3 aromatic heterocycles. The van der Waals surface area contributed by atoms with Crippen molar-refractivity contribution in [3.8, 4) is 0 Å². The molecule has 0 spiro atoms. The van der Waals surface area contributed by atoms with E-state index < -0.39 is 36.4 Å². The molecule has 0 radical (unpaired) electrons. The number of nitrogens with two attached hydrogens (primary N) is 1. The van der Waals surface area contributed by atoms with Gasteiger partial charge in [-0.3, -0.25) is 14.6 Å². The number of halogens is 10. The van der Waals surface area contributed by atoms with Crippen LogP contribution in [-0.2, 0) is 46.7 Å². The number of H-pyrrole nitrogens is 1. The number of unbranched alkanes of at least 4 members (excludes halogenated alkanes) is 1. The van der Waals surface area contributed by atoms with E-state index in [1.807, 2.05) is 22.9 Å². The number of aromatic amines is 1. The highest BCUT2D eigenvalue weighted by molar-refractivity contribution is 6.31. The molecule has 23 heteroatoms. The third-order valence-electron chi connectivity index (χ3n) is 10.6. The minimum Gasteiger partial charge on any atom is -0.475 e. The number of aliphatic carboxylic acids is 3. The van der Waals surface area contributed by atoms with Crippen LogP contribution in [0.1, 0.15) is 66.2 Å². The lowest BCUT2D eigenvalue weighted by Gasteiger charge is -2.36. The Balaban J connectivity index is 0.000000306. The Morgan fingerprint density at radius 2 is 1.48 bits per heavy atom. The molecule has 3 aliphatic rings. The molecule has 13 nitrogen and oxygen atoms in total. The molecule has 8 rings (SSSR count). The van der Waals surface area contributed by atoms with Crippen LogP contribution in [-0.4, -0.2) is 94.7 Å². The summed E-state index contributed by atoms with van der Waals surface area (Å²) in [4.78, 5) is 37.9. The molecule has 2 aromatic carbocycles. The summed E-state index contributed by atoms with van der Waals surface area (Å²) in [5.74, 6) is -7.24. The van der Waals surface area contributed by atoms with Gasteiger partial charge in [0.1, 0.15) is 0 Å². The van der Waals surface area contributed by atoms with E-state index in [4.69, 9.17) is 52.0 Å². The first kappa shape index (κ1) is 49.1. The predicted molar refractivity (Wildman–Crippen MR) is 214 cm³/mol. The molecule has 1 aliphatic heterocycles. The van der Waals surface area contributed by atoms with Gasteiger partial charge < -0.3 is 26.0 Å². The average molecular weight is 934 g/mol. The number of alkyl halides is 9. The second kappa shape index (κ2) is 20.3. The van der Waals surface area contributed by atoms with Crippen LogP contribution in [0, 0.1) is 5.92 Å². The molecule has 0 saturated heterocycles. The number of para-hydroxylation sites is 1. The van der Waals surface area contributed by atoms with Crippen LogP contribution < -0.4 is 5.73 Å². The van der Waals surface area contributed by atoms with E-state index in [2.05, 4.69) is 56.7 Å². The molecule has 2 bridgehead atoms. The Bertz CT molecular complexity index is 2450. The minimum atomic E-state index is -5.08. The minimum absolute atomic E-state index is 0.474. The van der Waals surface area contributed by atoms with Crippen LogP contribution in [0.4, 0.5) is 45.2 Å². The highest BCUT2D eigenvalue weighted by Gasteiger charge is 2.40. The molecule has 2 aliphatic carbocycles. The van der Waals surface area contributed by atoms with Crippen molar-refractivity contribution in [2.75, 3.05) is 18.8 Å². The summed E-state index contributed by atoms with van der Waals surface area (Å²) >= 11 is 6.24. The number of nitrogens with one attached hydrogen (secondary N) is 1. The second-order valence-corrected chi connectivity index (χ2v) is 15.7. The smallest absolute Gasteiger partial charge is 0.475 e. The summed E-state index contributed by atoms with van der Waals surface area (Å²) in [7, 11) is 0. The van der Waals surface area contributed by atoms with Crippen LogP contribution in [0.5, 0.6) is 0 Å². The number of aromatic nitrogens is 5. The van der Waals surface area contributed by atoms with Gasteiger partial charge in [-0.15, -0.1) is 5.10 Å². The molecule has 0 amide bonds. The van der Waals surface area contributed by atoms with Gasteiger partial charge in [-0.2, -0.15) is 39.5 Å². The van der Waals surface area contributed by atoms with Crippen LogP contribution in [0.3, 0.4) is 0 Å². The fourth-order valence-electron chi connectivity index (χ4n) is 7.87. The lowest BCUT2D eigenvalue weighted by atomic mass is 9.70. The Morgan fingerprint density at radius 1 is 0.844 bits per heavy atom. The van der Waals surface area contributed by atoms with Gasteiger partial charge in [0.2, 0.25) is 0 Å². The number of hydrogen-bond acceptors (Lipinski definition) is 8. The van der Waals surface area contributed by atoms with Crippen molar-refractivity contribution in [1.82, 2.24) is 29.9 Å². The third kappa shape index (κ3) is 13.1. The molecule has 2 unspecified atom stereocenters. The molecule has 0 fully saturated rings. The van der Waals surface area contributed by atoms with Crippen molar-refractivity contribution in [3.63, 3.8) is 0 Å².